The second kappa shape index (κ2) is 12.2. The lowest BCUT2D eigenvalue weighted by Gasteiger charge is -2.21. The highest BCUT2D eigenvalue weighted by molar-refractivity contribution is 6.03. The van der Waals surface area contributed by atoms with Gasteiger partial charge in [-0.3, -0.25) is 14.4 Å². The van der Waals surface area contributed by atoms with Crippen LogP contribution in [-0.2, 0) is 18.3 Å². The number of rotatable bonds is 11. The Labute approximate surface area is 207 Å². The summed E-state index contributed by atoms with van der Waals surface area (Å²) in [5.41, 5.74) is 8.51. The minimum Gasteiger partial charge on any atom is -0.435 e. The Morgan fingerprint density at radius 2 is 1.89 bits per heavy atom. The number of anilines is 1. The number of ether oxygens (including phenoxy) is 1. The number of carbonyl (C=O) groups is 2. The molecule has 0 saturated carbocycles. The van der Waals surface area contributed by atoms with E-state index in [0.29, 0.717) is 42.0 Å². The highest BCUT2D eigenvalue weighted by atomic mass is 19.3. The number of aryl methyl sites for hydroxylation is 1. The average molecular weight is 502 g/mol. The van der Waals surface area contributed by atoms with Crippen molar-refractivity contribution in [3.63, 3.8) is 0 Å². The van der Waals surface area contributed by atoms with Crippen LogP contribution >= 0.6 is 0 Å². The van der Waals surface area contributed by atoms with Crippen molar-refractivity contribution >= 4 is 17.5 Å². The van der Waals surface area contributed by atoms with Crippen LogP contribution in [0.3, 0.4) is 0 Å². The predicted octanol–water partition coefficient (Wildman–Crippen LogP) is 3.86. The highest BCUT2D eigenvalue weighted by Crippen LogP contribution is 2.25. The van der Waals surface area contributed by atoms with Crippen LogP contribution in [-0.4, -0.2) is 52.7 Å². The van der Waals surface area contributed by atoms with E-state index in [2.05, 4.69) is 15.0 Å². The molecule has 0 aliphatic rings. The molecule has 9 nitrogen and oxygen atoms in total. The maximum Gasteiger partial charge on any atom is 0.387 e. The molecule has 0 spiro atoms. The highest BCUT2D eigenvalue weighted by Gasteiger charge is 2.20. The largest absolute Gasteiger partial charge is 0.435 e. The molecule has 1 aromatic heterocycles. The zero-order chi connectivity index (χ0) is 26.2. The maximum atomic E-state index is 12.9. The summed E-state index contributed by atoms with van der Waals surface area (Å²) in [6.07, 6.45) is 2.09. The van der Waals surface area contributed by atoms with Gasteiger partial charge in [0.2, 0.25) is 0 Å². The number of nitrogens with two attached hydrogens (primary N) is 1. The lowest BCUT2D eigenvalue weighted by atomic mass is 10.0. The van der Waals surface area contributed by atoms with Gasteiger partial charge in [-0.25, -0.2) is 10.0 Å². The van der Waals surface area contributed by atoms with Crippen molar-refractivity contribution in [3.8, 4) is 17.0 Å². The van der Waals surface area contributed by atoms with Gasteiger partial charge < -0.3 is 20.4 Å². The monoisotopic (exact) mass is 501 g/mol. The molecule has 3 N–H and O–H groups in total. The van der Waals surface area contributed by atoms with Crippen molar-refractivity contribution in [3.05, 3.63) is 65.6 Å². The third-order valence-electron chi connectivity index (χ3n) is 5.42. The normalized spacial score (nSPS) is 11.0. The van der Waals surface area contributed by atoms with Crippen LogP contribution in [0, 0.1) is 0 Å². The molecule has 0 aliphatic heterocycles. The summed E-state index contributed by atoms with van der Waals surface area (Å²) in [4.78, 5) is 35.5. The quantitative estimate of drug-likeness (QED) is 0.386. The number of imidazole rings is 1. The van der Waals surface area contributed by atoms with Crippen LogP contribution in [0.2, 0.25) is 0 Å². The Hall–Kier alpha value is -3.83. The summed E-state index contributed by atoms with van der Waals surface area (Å²) < 4.78 is 30.7. The number of amides is 2. The van der Waals surface area contributed by atoms with Crippen molar-refractivity contribution in [2.24, 2.45) is 12.8 Å². The van der Waals surface area contributed by atoms with Crippen LogP contribution in [0.1, 0.15) is 40.4 Å². The number of hydroxylamine groups is 2. The number of hydrogen-bond acceptors (Lipinski definition) is 6. The molecule has 0 radical (unpaired) electrons. The number of benzene rings is 2. The van der Waals surface area contributed by atoms with E-state index in [1.54, 1.807) is 48.9 Å². The first-order valence-electron chi connectivity index (χ1n) is 11.4. The van der Waals surface area contributed by atoms with Gasteiger partial charge in [-0.15, -0.1) is 0 Å². The van der Waals surface area contributed by atoms with Crippen molar-refractivity contribution in [1.29, 1.82) is 0 Å². The third-order valence-corrected chi connectivity index (χ3v) is 5.42. The zero-order valence-electron chi connectivity index (χ0n) is 20.3. The lowest BCUT2D eigenvalue weighted by Crippen LogP contribution is -2.33. The summed E-state index contributed by atoms with van der Waals surface area (Å²) in [5, 5.41) is 4.08. The Bertz CT molecular complexity index is 1200. The number of aromatic nitrogens is 2. The summed E-state index contributed by atoms with van der Waals surface area (Å²) in [5.74, 6) is -0.526. The summed E-state index contributed by atoms with van der Waals surface area (Å²) in [7, 11) is 1.68. The molecule has 36 heavy (non-hydrogen) atoms. The molecule has 1 heterocycles. The predicted molar refractivity (Wildman–Crippen MR) is 131 cm³/mol. The van der Waals surface area contributed by atoms with Gasteiger partial charge in [0.25, 0.3) is 11.8 Å². The van der Waals surface area contributed by atoms with E-state index in [1.165, 1.54) is 23.4 Å². The first-order valence-corrected chi connectivity index (χ1v) is 11.4. The van der Waals surface area contributed by atoms with E-state index in [4.69, 9.17) is 10.6 Å². The first kappa shape index (κ1) is 26.8. The molecule has 3 rings (SSSR count). The molecule has 0 fully saturated rings. The van der Waals surface area contributed by atoms with E-state index in [0.717, 1.165) is 5.56 Å². The summed E-state index contributed by atoms with van der Waals surface area (Å²) >= 11 is 0. The summed E-state index contributed by atoms with van der Waals surface area (Å²) in [6.45, 7) is 1.71. The number of halogens is 2. The first-order chi connectivity index (χ1) is 17.3. The van der Waals surface area contributed by atoms with Crippen molar-refractivity contribution < 1.29 is 27.9 Å². The molecule has 2 amide bonds. The fraction of sp³-hybridized carbons (Fsp3) is 0.320. The van der Waals surface area contributed by atoms with Gasteiger partial charge in [0.1, 0.15) is 5.75 Å². The third kappa shape index (κ3) is 6.23. The van der Waals surface area contributed by atoms with Gasteiger partial charge in [-0.05, 0) is 61.4 Å². The molecular weight excluding hydrogens is 472 g/mol. The van der Waals surface area contributed by atoms with Gasteiger partial charge in [-0.1, -0.05) is 6.92 Å². The summed E-state index contributed by atoms with van der Waals surface area (Å²) in [6, 6.07) is 11.1. The van der Waals surface area contributed by atoms with Crippen LogP contribution in [0.5, 0.6) is 5.75 Å². The second-order valence-electron chi connectivity index (χ2n) is 7.73. The fourth-order valence-electron chi connectivity index (χ4n) is 3.65. The zero-order valence-corrected chi connectivity index (χ0v) is 20.3. The van der Waals surface area contributed by atoms with Gasteiger partial charge in [0.05, 0.1) is 18.5 Å². The number of nitrogens with one attached hydrogen (secondary N) is 1. The minimum atomic E-state index is -2.90. The molecular formula is C25H29F2N5O4. The van der Waals surface area contributed by atoms with Crippen molar-refractivity contribution in [2.75, 3.05) is 25.0 Å². The smallest absolute Gasteiger partial charge is 0.387 e. The van der Waals surface area contributed by atoms with Crippen LogP contribution < -0.4 is 15.8 Å². The van der Waals surface area contributed by atoms with Crippen LogP contribution in [0.25, 0.3) is 11.3 Å². The Kier molecular flexibility index (Phi) is 9.09. The topological polar surface area (TPSA) is 112 Å². The van der Waals surface area contributed by atoms with E-state index in [1.807, 2.05) is 6.92 Å². The van der Waals surface area contributed by atoms with E-state index >= 15 is 0 Å². The Morgan fingerprint density at radius 1 is 1.17 bits per heavy atom. The minimum absolute atomic E-state index is 0.0375. The average Bonchev–Trinajstić information content (AvgIpc) is 3.25. The van der Waals surface area contributed by atoms with E-state index in [-0.39, 0.29) is 24.1 Å². The molecule has 0 atom stereocenters. The van der Waals surface area contributed by atoms with Crippen LogP contribution in [0.15, 0.2) is 48.7 Å². The Balaban J connectivity index is 1.76. The molecule has 0 bridgehead atoms. The molecule has 11 heteroatoms. The lowest BCUT2D eigenvalue weighted by molar-refractivity contribution is -0.117. The number of alkyl halides is 2. The molecule has 0 saturated heterocycles. The molecule has 0 aliphatic carbocycles. The molecule has 2 aromatic carbocycles. The number of carbonyl (C=O) groups excluding carboxylic acids is 2. The van der Waals surface area contributed by atoms with Crippen molar-refractivity contribution in [1.82, 2.24) is 14.6 Å². The molecule has 0 unspecified atom stereocenters. The van der Waals surface area contributed by atoms with Gasteiger partial charge in [-0.2, -0.15) is 8.78 Å². The van der Waals surface area contributed by atoms with E-state index in [9.17, 15) is 18.4 Å². The standard InChI is InChI=1S/C25H29F2N5O4/c1-4-16-14-18(8-11-20(16)24(34)32(5-2)35-13-12-28)30-23(33)22-29-15-21(31(22)3)17-6-9-19(10-7-17)36-25(26)27/h6-11,14-15,25H,4-5,12-13,28H2,1-3H3,(H,30,33). The maximum absolute atomic E-state index is 12.9. The fourth-order valence-corrected chi connectivity index (χ4v) is 3.65. The van der Waals surface area contributed by atoms with Gasteiger partial charge >= 0.3 is 6.61 Å². The van der Waals surface area contributed by atoms with Gasteiger partial charge in [0, 0.05) is 37.0 Å². The Morgan fingerprint density at radius 3 is 2.50 bits per heavy atom. The molecule has 192 valence electrons. The number of nitrogens with zero attached hydrogens (tertiary/aromatic N) is 3. The SMILES string of the molecule is CCc1cc(NC(=O)c2ncc(-c3ccc(OC(F)F)cc3)n2C)ccc1C(=O)N(CC)OCCN. The van der Waals surface area contributed by atoms with Crippen LogP contribution in [0.4, 0.5) is 14.5 Å². The van der Waals surface area contributed by atoms with Crippen molar-refractivity contribution in [2.45, 2.75) is 26.9 Å². The van der Waals surface area contributed by atoms with Gasteiger partial charge in [0.15, 0.2) is 5.82 Å². The van der Waals surface area contributed by atoms with E-state index < -0.39 is 12.5 Å². The molecule has 3 aromatic rings. The second-order valence-corrected chi connectivity index (χ2v) is 7.73. The number of hydrogen-bond donors (Lipinski definition) is 2.